The molecule has 0 N–H and O–H groups in total. The molecule has 0 aliphatic rings. The summed E-state index contributed by atoms with van der Waals surface area (Å²) in [4.78, 5) is 34.8. The fourth-order valence-electron chi connectivity index (χ4n) is 4.26. The summed E-state index contributed by atoms with van der Waals surface area (Å²) in [5, 5.41) is 0. The Labute approximate surface area is 386 Å². The predicted molar refractivity (Wildman–Crippen MR) is 221 cm³/mol. The third-order valence-corrected chi connectivity index (χ3v) is 16.2. The van der Waals surface area contributed by atoms with E-state index in [2.05, 4.69) is 37.5 Å². The second-order valence-corrected chi connectivity index (χ2v) is 27.4. The van der Waals surface area contributed by atoms with Gasteiger partial charge in [0.15, 0.2) is 26.7 Å². The Balaban J connectivity index is -0.000000768. The molecular formula is C39H71F3KNO10SSi2. The molecule has 1 rings (SSSR count). The Kier molecular flexibility index (Phi) is 29.0. The number of hydrogen-bond donors (Lipinski definition) is 0. The van der Waals surface area contributed by atoms with Gasteiger partial charge in [-0.1, -0.05) is 58.9 Å². The summed E-state index contributed by atoms with van der Waals surface area (Å²) in [6, 6.07) is 6.74. The number of benzene rings is 1. The molecule has 0 aliphatic carbocycles. The van der Waals surface area contributed by atoms with Crippen LogP contribution in [0.4, 0.5) is 13.2 Å². The van der Waals surface area contributed by atoms with Crippen LogP contribution < -0.4 is 51.4 Å². The average Bonchev–Trinajstić information content (AvgIpc) is 3.08. The number of carbonyl (C=O) groups excluding carboxylic acids is 3. The molecule has 11 nitrogen and oxygen atoms in total. The maximum absolute atomic E-state index is 12.1. The minimum absolute atomic E-state index is 0. The first-order valence-electron chi connectivity index (χ1n) is 19.2. The summed E-state index contributed by atoms with van der Waals surface area (Å²) in [6.45, 7) is 33.8. The first-order chi connectivity index (χ1) is 25.3. The van der Waals surface area contributed by atoms with Crippen LogP contribution in [-0.4, -0.2) is 88.0 Å². The topological polar surface area (TPSA) is 146 Å². The molecule has 0 radical (unpaired) electrons. The van der Waals surface area contributed by atoms with Gasteiger partial charge >= 0.3 is 68.8 Å². The maximum Gasteiger partial charge on any atom is 1.00 e. The molecule has 57 heavy (non-hydrogen) atoms. The van der Waals surface area contributed by atoms with E-state index in [1.807, 2.05) is 69.2 Å². The first kappa shape index (κ1) is 60.6. The Hall–Kier alpha value is -0.680. The van der Waals surface area contributed by atoms with Gasteiger partial charge in [0.2, 0.25) is 0 Å². The quantitative estimate of drug-likeness (QED) is 0.0708. The molecule has 0 aromatic heterocycles. The first-order valence-corrected chi connectivity index (χ1v) is 27.2. The van der Waals surface area contributed by atoms with Crippen molar-refractivity contribution in [3.63, 3.8) is 0 Å². The number of alkyl halides is 3. The summed E-state index contributed by atoms with van der Waals surface area (Å²) >= 11 is 0. The van der Waals surface area contributed by atoms with Crippen LogP contribution in [0.25, 0.3) is 4.72 Å². The smallest absolute Gasteiger partial charge is 0.534 e. The summed E-state index contributed by atoms with van der Waals surface area (Å²) in [6.07, 6.45) is 3.32. The van der Waals surface area contributed by atoms with E-state index in [9.17, 15) is 36.0 Å². The van der Waals surface area contributed by atoms with Crippen molar-refractivity contribution in [3.8, 4) is 0 Å². The van der Waals surface area contributed by atoms with Crippen LogP contribution in [0.15, 0.2) is 24.3 Å². The number of hydrogen-bond acceptors (Lipinski definition) is 10. The van der Waals surface area contributed by atoms with Gasteiger partial charge in [0.25, 0.3) is 0 Å². The van der Waals surface area contributed by atoms with Gasteiger partial charge in [0, 0.05) is 6.61 Å². The number of esters is 2. The molecule has 18 heteroatoms. The van der Waals surface area contributed by atoms with E-state index >= 15 is 0 Å². The monoisotopic (exact) mass is 897 g/mol. The van der Waals surface area contributed by atoms with Gasteiger partial charge in [0.05, 0.1) is 43.2 Å². The van der Waals surface area contributed by atoms with Crippen molar-refractivity contribution in [3.05, 3.63) is 40.1 Å². The maximum atomic E-state index is 12.1. The zero-order valence-electron chi connectivity index (χ0n) is 37.7. The molecular weight excluding hydrogens is 827 g/mol. The van der Waals surface area contributed by atoms with E-state index in [4.69, 9.17) is 23.1 Å². The molecule has 0 atom stereocenters. The Bertz CT molecular complexity index is 1430. The van der Waals surface area contributed by atoms with E-state index < -0.39 is 43.5 Å². The Morgan fingerprint density at radius 2 is 1.12 bits per heavy atom. The van der Waals surface area contributed by atoms with Crippen molar-refractivity contribution in [1.82, 2.24) is 0 Å². The SMILES string of the molecule is CCC(C)(C)C(=O)OCCC[Si](C)(C)O[Si](C)(C)C.CCC(C)(C)c1ccc(C(=O)[N-]S(=O)(=O)C(F)(F)F)cc1.CCOCCOCCOC(=O)C(C)(C)CC.[K+]. The number of amides is 1. The van der Waals surface area contributed by atoms with E-state index in [-0.39, 0.29) is 79.7 Å². The number of carbonyl (C=O) groups is 3. The fraction of sp³-hybridized carbons (Fsp3) is 0.769. The summed E-state index contributed by atoms with van der Waals surface area (Å²) in [5.41, 5.74) is -5.81. The third-order valence-electron chi connectivity index (χ3n) is 8.94. The number of rotatable bonds is 21. The largest absolute Gasteiger partial charge is 1.00 e. The minimum Gasteiger partial charge on any atom is -0.534 e. The van der Waals surface area contributed by atoms with E-state index in [1.54, 1.807) is 12.1 Å². The van der Waals surface area contributed by atoms with Crippen molar-refractivity contribution in [2.75, 3.05) is 39.6 Å². The molecule has 0 saturated heterocycles. The number of nitrogens with zero attached hydrogens (tertiary/aromatic N) is 1. The van der Waals surface area contributed by atoms with Gasteiger partial charge in [-0.2, -0.15) is 13.2 Å². The standard InChI is InChI=1S/C14H32O3Si2.C13H16F3NO3S.C12H24O4.K/c1-9-14(2,3)13(15)16-11-10-12-19(7,8)17-18(4,5)6;1-4-12(2,3)10-7-5-9(6-8-10)11(18)17-21(19,20)13(14,15)16;1-5-12(3,4)11(13)16-10-9-15-8-7-14-6-2;/h9-12H2,1-8H3;5-8H,4H2,1-3H3,(H,17,18);5-10H2,1-4H3;/q;;;+1/p-1. The number of halogens is 3. The normalized spacial score (nSPS) is 12.5. The molecule has 0 fully saturated rings. The molecule has 0 aliphatic heterocycles. The number of ether oxygens (including phenoxy) is 4. The zero-order chi connectivity index (χ0) is 44.2. The van der Waals surface area contributed by atoms with E-state index in [0.29, 0.717) is 39.6 Å². The van der Waals surface area contributed by atoms with Crippen LogP contribution in [-0.2, 0) is 48.1 Å². The molecule has 0 saturated carbocycles. The van der Waals surface area contributed by atoms with Crippen LogP contribution in [0.3, 0.4) is 0 Å². The Morgan fingerprint density at radius 1 is 0.684 bits per heavy atom. The van der Waals surface area contributed by atoms with Crippen LogP contribution in [0.1, 0.15) is 111 Å². The number of sulfonamides is 1. The Morgan fingerprint density at radius 3 is 1.53 bits per heavy atom. The molecule has 1 aromatic carbocycles. The van der Waals surface area contributed by atoms with Crippen LogP contribution in [0, 0.1) is 10.8 Å². The fourth-order valence-corrected chi connectivity index (χ4v) is 12.7. The van der Waals surface area contributed by atoms with Crippen LogP contribution in [0.5, 0.6) is 0 Å². The van der Waals surface area contributed by atoms with Crippen molar-refractivity contribution in [2.24, 2.45) is 10.8 Å². The van der Waals surface area contributed by atoms with Gasteiger partial charge in [-0.25, -0.2) is 8.42 Å². The van der Waals surface area contributed by atoms with Crippen molar-refractivity contribution in [1.29, 1.82) is 0 Å². The van der Waals surface area contributed by atoms with Crippen LogP contribution >= 0.6 is 0 Å². The summed E-state index contributed by atoms with van der Waals surface area (Å²) < 4.78 is 87.3. The predicted octanol–water partition coefficient (Wildman–Crippen LogP) is 7.17. The molecule has 1 amide bonds. The van der Waals surface area contributed by atoms with Crippen LogP contribution in [0.2, 0.25) is 38.8 Å². The van der Waals surface area contributed by atoms with Gasteiger partial charge in [-0.05, 0) is 116 Å². The third kappa shape index (κ3) is 26.3. The molecule has 0 unspecified atom stereocenters. The molecule has 1 aromatic rings. The van der Waals surface area contributed by atoms with Gasteiger partial charge in [-0.15, -0.1) is 0 Å². The van der Waals surface area contributed by atoms with Crippen molar-refractivity contribution < 1.29 is 110 Å². The van der Waals surface area contributed by atoms with Crippen molar-refractivity contribution >= 4 is 44.5 Å². The molecule has 0 heterocycles. The molecule has 0 bridgehead atoms. The van der Waals surface area contributed by atoms with Gasteiger partial charge in [0.1, 0.15) is 6.61 Å². The zero-order valence-corrected chi connectivity index (χ0v) is 43.6. The minimum atomic E-state index is -5.81. The van der Waals surface area contributed by atoms with E-state index in [1.165, 1.54) is 12.1 Å². The second kappa shape index (κ2) is 27.3. The van der Waals surface area contributed by atoms with Gasteiger partial charge < -0.3 is 32.6 Å². The molecule has 328 valence electrons. The molecule has 0 spiro atoms. The second-order valence-electron chi connectivity index (χ2n) is 16.8. The average molecular weight is 898 g/mol. The summed E-state index contributed by atoms with van der Waals surface area (Å²) in [5.74, 6) is -1.68. The van der Waals surface area contributed by atoms with Gasteiger partial charge in [-0.3, -0.25) is 9.59 Å². The summed E-state index contributed by atoms with van der Waals surface area (Å²) in [7, 11) is -8.86. The van der Waals surface area contributed by atoms with Crippen molar-refractivity contribution in [2.45, 2.75) is 145 Å². The van der Waals surface area contributed by atoms with E-state index in [0.717, 1.165) is 37.3 Å².